The summed E-state index contributed by atoms with van der Waals surface area (Å²) in [7, 11) is 5.94. The van der Waals surface area contributed by atoms with Gasteiger partial charge in [0.05, 0.1) is 39.9 Å². The fourth-order valence-electron chi connectivity index (χ4n) is 6.00. The maximum Gasteiger partial charge on any atom is 0.281 e. The molecule has 0 saturated heterocycles. The molecule has 204 valence electrons. The van der Waals surface area contributed by atoms with E-state index in [2.05, 4.69) is 38.8 Å². The summed E-state index contributed by atoms with van der Waals surface area (Å²) in [4.78, 5) is 13.2. The first-order valence-electron chi connectivity index (χ1n) is 13.7. The van der Waals surface area contributed by atoms with Crippen molar-refractivity contribution in [1.29, 1.82) is 0 Å². The van der Waals surface area contributed by atoms with Crippen LogP contribution in [0.25, 0.3) is 0 Å². The molecule has 2 aromatic rings. The Kier molecular flexibility index (Phi) is 9.40. The van der Waals surface area contributed by atoms with E-state index in [4.69, 9.17) is 4.74 Å². The Morgan fingerprint density at radius 1 is 1.08 bits per heavy atom. The first-order chi connectivity index (χ1) is 17.5. The number of likely N-dealkylation sites (N-methyl/N-ethyl adjacent to an activating group) is 1. The van der Waals surface area contributed by atoms with Gasteiger partial charge in [-0.25, -0.2) is 4.59 Å². The van der Waals surface area contributed by atoms with Gasteiger partial charge in [-0.05, 0) is 74.9 Å². The fraction of sp³-hybridized carbons (Fsp3) is 0.567. The number of nitrogens with zero attached hydrogens (tertiary/aromatic N) is 2. The third-order valence-corrected chi connectivity index (χ3v) is 8.17. The third kappa shape index (κ3) is 6.90. The molecule has 0 heterocycles. The number of ether oxygens (including phenoxy) is 1. The number of carbonyl (C=O) groups is 1. The van der Waals surface area contributed by atoms with Gasteiger partial charge in [0.2, 0.25) is 0 Å². The van der Waals surface area contributed by atoms with Crippen LogP contribution in [0.5, 0.6) is 5.75 Å². The van der Waals surface area contributed by atoms with E-state index >= 15 is 0 Å². The van der Waals surface area contributed by atoms with E-state index in [9.17, 15) is 9.90 Å². The first kappa shape index (κ1) is 29.1. The molecular weight excluding hydrogens is 464 g/mol. The molecule has 7 heteroatoms. The third-order valence-electron chi connectivity index (χ3n) is 8.17. The summed E-state index contributed by atoms with van der Waals surface area (Å²) in [6.45, 7) is 10.9. The number of hydrogen-bond donors (Lipinski definition) is 3. The summed E-state index contributed by atoms with van der Waals surface area (Å²) in [5.74, 6) is 0.846. The molecule has 1 saturated carbocycles. The maximum atomic E-state index is 13.2. The Labute approximate surface area is 223 Å². The van der Waals surface area contributed by atoms with Crippen LogP contribution in [0.3, 0.4) is 0 Å². The van der Waals surface area contributed by atoms with Gasteiger partial charge in [0.1, 0.15) is 12.3 Å². The van der Waals surface area contributed by atoms with Gasteiger partial charge in [0.25, 0.3) is 5.91 Å². The zero-order valence-electron chi connectivity index (χ0n) is 23.9. The number of amides is 1. The number of benzene rings is 2. The van der Waals surface area contributed by atoms with Crippen molar-refractivity contribution in [2.75, 3.05) is 52.7 Å². The highest BCUT2D eigenvalue weighted by molar-refractivity contribution is 5.93. The van der Waals surface area contributed by atoms with Crippen LogP contribution >= 0.6 is 0 Å². The quantitative estimate of drug-likeness (QED) is 0.302. The lowest BCUT2D eigenvalue weighted by molar-refractivity contribution is -1.15. The van der Waals surface area contributed by atoms with Gasteiger partial charge in [-0.15, -0.1) is 0 Å². The molecule has 3 N–H and O–H groups in total. The molecule has 37 heavy (non-hydrogen) atoms. The molecule has 2 aromatic carbocycles. The summed E-state index contributed by atoms with van der Waals surface area (Å²) in [5, 5.41) is 15.2. The van der Waals surface area contributed by atoms with Crippen molar-refractivity contribution < 1.29 is 23.8 Å². The number of quaternary nitrogens is 2. The van der Waals surface area contributed by atoms with E-state index in [1.165, 1.54) is 0 Å². The lowest BCUT2D eigenvalue weighted by Crippen LogP contribution is -2.72. The number of nitrogens with one attached hydrogen (secondary N) is 2. The van der Waals surface area contributed by atoms with E-state index in [1.807, 2.05) is 56.3 Å². The van der Waals surface area contributed by atoms with E-state index in [1.54, 1.807) is 7.11 Å². The summed E-state index contributed by atoms with van der Waals surface area (Å²) in [6.07, 6.45) is 3.82. The van der Waals surface area contributed by atoms with Crippen molar-refractivity contribution in [2.24, 2.45) is 5.92 Å². The Morgan fingerprint density at radius 3 is 2.35 bits per heavy atom. The molecule has 0 radical (unpaired) electrons. The van der Waals surface area contributed by atoms with E-state index < -0.39 is 5.60 Å². The number of hydrogen-bond acceptors (Lipinski definition) is 4. The van der Waals surface area contributed by atoms with Gasteiger partial charge < -0.3 is 15.2 Å². The second kappa shape index (κ2) is 11.9. The molecule has 7 nitrogen and oxygen atoms in total. The molecule has 2 unspecified atom stereocenters. The van der Waals surface area contributed by atoms with Crippen LogP contribution in [0, 0.1) is 19.8 Å². The zero-order valence-corrected chi connectivity index (χ0v) is 23.9. The predicted octanol–water partition coefficient (Wildman–Crippen LogP) is 4.68. The second-order valence-corrected chi connectivity index (χ2v) is 11.3. The van der Waals surface area contributed by atoms with Gasteiger partial charge in [0.15, 0.2) is 6.54 Å². The lowest BCUT2D eigenvalue weighted by Gasteiger charge is -2.46. The van der Waals surface area contributed by atoms with Crippen molar-refractivity contribution in [3.63, 3.8) is 0 Å². The minimum absolute atomic E-state index is 0.000785. The summed E-state index contributed by atoms with van der Waals surface area (Å²) in [6, 6.07) is 13.9. The Balaban J connectivity index is 1.78. The minimum atomic E-state index is -0.905. The van der Waals surface area contributed by atoms with Crippen LogP contribution in [0.4, 0.5) is 5.69 Å². The lowest BCUT2D eigenvalue weighted by atomic mass is 9.71. The Bertz CT molecular complexity index is 1050. The highest BCUT2D eigenvalue weighted by Crippen LogP contribution is 2.43. The van der Waals surface area contributed by atoms with Crippen molar-refractivity contribution in [3.8, 4) is 5.75 Å². The minimum Gasteiger partial charge on any atom is -0.497 e. The molecule has 2 atom stereocenters. The van der Waals surface area contributed by atoms with E-state index in [0.29, 0.717) is 15.7 Å². The molecule has 0 bridgehead atoms. The molecule has 1 amide bonds. The fourth-order valence-corrected chi connectivity index (χ4v) is 6.00. The van der Waals surface area contributed by atoms with Crippen LogP contribution < -0.4 is 15.6 Å². The van der Waals surface area contributed by atoms with Crippen LogP contribution in [0.15, 0.2) is 42.5 Å². The van der Waals surface area contributed by atoms with E-state index in [-0.39, 0.29) is 11.8 Å². The van der Waals surface area contributed by atoms with Crippen LogP contribution in [0.1, 0.15) is 56.2 Å². The van der Waals surface area contributed by atoms with Crippen molar-refractivity contribution in [2.45, 2.75) is 59.0 Å². The second-order valence-electron chi connectivity index (χ2n) is 11.3. The highest BCUT2D eigenvalue weighted by Gasteiger charge is 2.46. The smallest absolute Gasteiger partial charge is 0.281 e. The van der Waals surface area contributed by atoms with Gasteiger partial charge in [-0.3, -0.25) is 4.79 Å². The van der Waals surface area contributed by atoms with Gasteiger partial charge >= 0.3 is 0 Å². The van der Waals surface area contributed by atoms with Crippen LogP contribution in [0.2, 0.25) is 0 Å². The standard InChI is InChI=1S/C30H47N4O3/c1-8-34(9-2,22-28(35)31-29-23(3)14-12-15-24(29)4)32-33(5,6)21-26-16-10-11-19-30(26,36)25-17-13-18-27(20-25)37-7/h12-15,17-18,20,26,32,36H,8-11,16,19,21-22H2,1-7H3/q+1/p+1. The van der Waals surface area contributed by atoms with Crippen molar-refractivity contribution in [1.82, 2.24) is 5.53 Å². The van der Waals surface area contributed by atoms with Crippen molar-refractivity contribution >= 4 is 11.6 Å². The number of aliphatic hydroxyl groups is 1. The van der Waals surface area contributed by atoms with Crippen LogP contribution in [-0.2, 0) is 10.4 Å². The molecular formula is C30H48N4O3+2. The van der Waals surface area contributed by atoms with Crippen LogP contribution in [-0.4, -0.2) is 67.6 Å². The summed E-state index contributed by atoms with van der Waals surface area (Å²) in [5.41, 5.74) is 6.85. The van der Waals surface area contributed by atoms with E-state index in [0.717, 1.165) is 73.4 Å². The number of carbonyl (C=O) groups excluding carboxylic acids is 1. The highest BCUT2D eigenvalue weighted by atomic mass is 16.5. The zero-order chi connectivity index (χ0) is 27.3. The van der Waals surface area contributed by atoms with Gasteiger partial charge in [-0.1, -0.05) is 43.2 Å². The average molecular weight is 513 g/mol. The monoisotopic (exact) mass is 512 g/mol. The molecule has 0 aromatic heterocycles. The molecule has 3 rings (SSSR count). The molecule has 1 fully saturated rings. The predicted molar refractivity (Wildman–Crippen MR) is 150 cm³/mol. The SMILES string of the molecule is CC[N+](CC)(CC(=O)Nc1c(C)cccc1C)N[N+](C)(C)CC1CCCCC1(O)c1cccc(OC)c1. The number of para-hydroxylation sites is 1. The number of anilines is 1. The summed E-state index contributed by atoms with van der Waals surface area (Å²) >= 11 is 0. The topological polar surface area (TPSA) is 70.6 Å². The molecule has 1 aliphatic rings. The number of aryl methyl sites for hydroxylation is 2. The number of rotatable bonds is 11. The Morgan fingerprint density at radius 2 is 1.73 bits per heavy atom. The first-order valence-corrected chi connectivity index (χ1v) is 13.7. The largest absolute Gasteiger partial charge is 0.497 e. The molecule has 1 aliphatic carbocycles. The maximum absolute atomic E-state index is 13.2. The van der Waals surface area contributed by atoms with Gasteiger partial charge in [-0.2, -0.15) is 4.59 Å². The molecule has 0 spiro atoms. The normalized spacial score (nSPS) is 20.5. The Hall–Kier alpha value is -2.45. The van der Waals surface area contributed by atoms with Crippen molar-refractivity contribution in [3.05, 3.63) is 59.2 Å². The summed E-state index contributed by atoms with van der Waals surface area (Å²) < 4.78 is 6.40. The van der Waals surface area contributed by atoms with Gasteiger partial charge in [0, 0.05) is 11.6 Å². The average Bonchev–Trinajstić information content (AvgIpc) is 2.87. The number of methoxy groups -OCH3 is 1. The molecule has 0 aliphatic heterocycles.